The van der Waals surface area contributed by atoms with Crippen molar-refractivity contribution >= 4 is 6.03 Å². The van der Waals surface area contributed by atoms with E-state index in [0.29, 0.717) is 25.6 Å². The van der Waals surface area contributed by atoms with E-state index in [9.17, 15) is 9.18 Å². The van der Waals surface area contributed by atoms with Crippen LogP contribution in [0.1, 0.15) is 25.0 Å². The van der Waals surface area contributed by atoms with Gasteiger partial charge in [0.05, 0.1) is 0 Å². The summed E-state index contributed by atoms with van der Waals surface area (Å²) >= 11 is 0. The average Bonchev–Trinajstić information content (AvgIpc) is 2.57. The lowest BCUT2D eigenvalue weighted by molar-refractivity contribution is 0.188. The third-order valence-electron chi connectivity index (χ3n) is 3.60. The summed E-state index contributed by atoms with van der Waals surface area (Å²) in [4.78, 5) is 18.2. The molecule has 0 aliphatic carbocycles. The van der Waals surface area contributed by atoms with Crippen LogP contribution in [0.2, 0.25) is 0 Å². The summed E-state index contributed by atoms with van der Waals surface area (Å²) in [5.41, 5.74) is 2.06. The fraction of sp³-hybridized carbons (Fsp3) is 0.368. The number of hydrogen-bond acceptors (Lipinski definition) is 2. The smallest absolute Gasteiger partial charge is 0.317 e. The Morgan fingerprint density at radius 3 is 2.42 bits per heavy atom. The van der Waals surface area contributed by atoms with Crippen molar-refractivity contribution in [2.75, 3.05) is 13.1 Å². The van der Waals surface area contributed by atoms with Gasteiger partial charge in [0.2, 0.25) is 0 Å². The van der Waals surface area contributed by atoms with Gasteiger partial charge in [-0.2, -0.15) is 0 Å². The minimum atomic E-state index is -0.268. The number of nitrogens with one attached hydrogen (secondary N) is 1. The number of carbonyl (C=O) groups excluding carboxylic acids is 1. The van der Waals surface area contributed by atoms with Gasteiger partial charge < -0.3 is 10.2 Å². The monoisotopic (exact) mass is 329 g/mol. The summed E-state index contributed by atoms with van der Waals surface area (Å²) in [5, 5.41) is 2.96. The second kappa shape index (κ2) is 9.01. The molecule has 0 saturated heterocycles. The molecule has 1 heterocycles. The molecule has 1 N–H and O–H groups in total. The molecular weight excluding hydrogens is 305 g/mol. The molecule has 0 aliphatic heterocycles. The molecule has 0 unspecified atom stereocenters. The Bertz CT molecular complexity index is 629. The maximum absolute atomic E-state index is 13.0. The summed E-state index contributed by atoms with van der Waals surface area (Å²) in [7, 11) is 0. The van der Waals surface area contributed by atoms with Gasteiger partial charge in [0.15, 0.2) is 0 Å². The fourth-order valence-corrected chi connectivity index (χ4v) is 2.45. The molecule has 24 heavy (non-hydrogen) atoms. The first kappa shape index (κ1) is 17.9. The predicted molar refractivity (Wildman–Crippen MR) is 93.0 cm³/mol. The number of pyridine rings is 1. The lowest BCUT2D eigenvalue weighted by atomic mass is 10.1. The number of aromatic nitrogens is 1. The molecule has 128 valence electrons. The first-order chi connectivity index (χ1) is 11.5. The van der Waals surface area contributed by atoms with Crippen LogP contribution in [0.5, 0.6) is 0 Å². The number of urea groups is 1. The van der Waals surface area contributed by atoms with Gasteiger partial charge in [0, 0.05) is 32.0 Å². The molecule has 0 aliphatic rings. The van der Waals surface area contributed by atoms with Gasteiger partial charge in [-0.05, 0) is 47.7 Å². The topological polar surface area (TPSA) is 45.2 Å². The van der Waals surface area contributed by atoms with Crippen LogP contribution in [0.3, 0.4) is 0 Å². The summed E-state index contributed by atoms with van der Waals surface area (Å²) in [6.07, 6.45) is 4.26. The van der Waals surface area contributed by atoms with Crippen LogP contribution >= 0.6 is 0 Å². The van der Waals surface area contributed by atoms with E-state index in [2.05, 4.69) is 24.1 Å². The Hall–Kier alpha value is -2.43. The summed E-state index contributed by atoms with van der Waals surface area (Å²) < 4.78 is 13.0. The number of amides is 2. The van der Waals surface area contributed by atoms with Crippen molar-refractivity contribution in [2.45, 2.75) is 26.8 Å². The average molecular weight is 329 g/mol. The minimum Gasteiger partial charge on any atom is -0.338 e. The fourth-order valence-electron chi connectivity index (χ4n) is 2.45. The van der Waals surface area contributed by atoms with E-state index in [1.165, 1.54) is 12.1 Å². The van der Waals surface area contributed by atoms with E-state index in [1.54, 1.807) is 29.4 Å². The van der Waals surface area contributed by atoms with Gasteiger partial charge in [-0.25, -0.2) is 9.18 Å². The van der Waals surface area contributed by atoms with Crippen molar-refractivity contribution in [3.05, 3.63) is 65.7 Å². The Labute approximate surface area is 142 Å². The van der Waals surface area contributed by atoms with Crippen LogP contribution in [0.15, 0.2) is 48.8 Å². The Kier molecular flexibility index (Phi) is 6.73. The Balaban J connectivity index is 1.90. The second-order valence-electron chi connectivity index (χ2n) is 6.24. The largest absolute Gasteiger partial charge is 0.338 e. The zero-order chi connectivity index (χ0) is 17.4. The maximum atomic E-state index is 13.0. The summed E-state index contributed by atoms with van der Waals surface area (Å²) in [6, 6.07) is 10.1. The van der Waals surface area contributed by atoms with Crippen LogP contribution in [-0.2, 0) is 13.0 Å². The normalized spacial score (nSPS) is 10.7. The number of benzene rings is 1. The summed E-state index contributed by atoms with van der Waals surface area (Å²) in [5.74, 6) is 0.0901. The van der Waals surface area contributed by atoms with Crippen molar-refractivity contribution in [2.24, 2.45) is 5.92 Å². The first-order valence-electron chi connectivity index (χ1n) is 8.20. The van der Waals surface area contributed by atoms with E-state index in [-0.39, 0.29) is 11.8 Å². The molecule has 2 amide bonds. The van der Waals surface area contributed by atoms with Crippen molar-refractivity contribution < 1.29 is 9.18 Å². The van der Waals surface area contributed by atoms with Gasteiger partial charge in [-0.15, -0.1) is 0 Å². The molecule has 0 bridgehead atoms. The molecular formula is C19H24FN3O. The lowest BCUT2D eigenvalue weighted by Gasteiger charge is -2.25. The van der Waals surface area contributed by atoms with Gasteiger partial charge in [-0.3, -0.25) is 4.98 Å². The van der Waals surface area contributed by atoms with Crippen LogP contribution in [-0.4, -0.2) is 29.0 Å². The van der Waals surface area contributed by atoms with Crippen LogP contribution < -0.4 is 5.32 Å². The highest BCUT2D eigenvalue weighted by atomic mass is 19.1. The van der Waals surface area contributed by atoms with E-state index < -0.39 is 0 Å². The zero-order valence-corrected chi connectivity index (χ0v) is 14.2. The number of rotatable bonds is 7. The molecule has 0 fully saturated rings. The molecule has 0 saturated carbocycles. The standard InChI is InChI=1S/C19H24FN3O/c1-15(2)13-23(14-17-3-5-18(20)6-4-17)19(24)22-12-9-16-7-10-21-11-8-16/h3-8,10-11,15H,9,12-14H2,1-2H3,(H,22,24). The van der Waals surface area contributed by atoms with Crippen LogP contribution in [0.4, 0.5) is 9.18 Å². The van der Waals surface area contributed by atoms with Crippen molar-refractivity contribution in [3.8, 4) is 0 Å². The van der Waals surface area contributed by atoms with Crippen LogP contribution in [0, 0.1) is 11.7 Å². The molecule has 2 rings (SSSR count). The minimum absolute atomic E-state index is 0.0953. The molecule has 5 heteroatoms. The first-order valence-corrected chi connectivity index (χ1v) is 8.20. The highest BCUT2D eigenvalue weighted by Gasteiger charge is 2.15. The molecule has 0 radical (unpaired) electrons. The van der Waals surface area contributed by atoms with E-state index in [0.717, 1.165) is 17.5 Å². The van der Waals surface area contributed by atoms with Crippen molar-refractivity contribution in [3.63, 3.8) is 0 Å². The van der Waals surface area contributed by atoms with Gasteiger partial charge >= 0.3 is 6.03 Å². The molecule has 0 atom stereocenters. The van der Waals surface area contributed by atoms with Crippen LogP contribution in [0.25, 0.3) is 0 Å². The van der Waals surface area contributed by atoms with E-state index in [4.69, 9.17) is 0 Å². The molecule has 4 nitrogen and oxygen atoms in total. The molecule has 1 aromatic heterocycles. The predicted octanol–water partition coefficient (Wildman–Crippen LogP) is 3.63. The van der Waals surface area contributed by atoms with Crippen molar-refractivity contribution in [1.82, 2.24) is 15.2 Å². The highest BCUT2D eigenvalue weighted by Crippen LogP contribution is 2.09. The molecule has 0 spiro atoms. The lowest BCUT2D eigenvalue weighted by Crippen LogP contribution is -2.42. The van der Waals surface area contributed by atoms with Crippen molar-refractivity contribution in [1.29, 1.82) is 0 Å². The van der Waals surface area contributed by atoms with Gasteiger partial charge in [0.1, 0.15) is 5.82 Å². The SMILES string of the molecule is CC(C)CN(Cc1ccc(F)cc1)C(=O)NCCc1ccncc1. The maximum Gasteiger partial charge on any atom is 0.317 e. The second-order valence-corrected chi connectivity index (χ2v) is 6.24. The van der Waals surface area contributed by atoms with E-state index >= 15 is 0 Å². The zero-order valence-electron chi connectivity index (χ0n) is 14.2. The number of nitrogens with zero attached hydrogens (tertiary/aromatic N) is 2. The molecule has 1 aromatic carbocycles. The van der Waals surface area contributed by atoms with Gasteiger partial charge in [0.25, 0.3) is 0 Å². The third-order valence-corrected chi connectivity index (χ3v) is 3.60. The van der Waals surface area contributed by atoms with E-state index in [1.807, 2.05) is 12.1 Å². The quantitative estimate of drug-likeness (QED) is 0.843. The third kappa shape index (κ3) is 5.99. The summed E-state index contributed by atoms with van der Waals surface area (Å²) in [6.45, 7) is 5.84. The Morgan fingerprint density at radius 2 is 1.79 bits per heavy atom. The number of carbonyl (C=O) groups is 1. The van der Waals surface area contributed by atoms with Gasteiger partial charge in [-0.1, -0.05) is 26.0 Å². The Morgan fingerprint density at radius 1 is 1.12 bits per heavy atom. The highest BCUT2D eigenvalue weighted by molar-refractivity contribution is 5.74. The molecule has 2 aromatic rings. The number of halogens is 1. The number of hydrogen-bond donors (Lipinski definition) is 1.